The van der Waals surface area contributed by atoms with Gasteiger partial charge in [0.1, 0.15) is 6.42 Å². The first-order valence-electron chi connectivity index (χ1n) is 7.97. The molecule has 1 aromatic rings. The third kappa shape index (κ3) is 5.57. The van der Waals surface area contributed by atoms with Gasteiger partial charge in [0.15, 0.2) is 12.6 Å². The van der Waals surface area contributed by atoms with Crippen molar-refractivity contribution in [2.45, 2.75) is 18.6 Å². The highest BCUT2D eigenvalue weighted by atomic mass is 35.5. The van der Waals surface area contributed by atoms with E-state index in [9.17, 15) is 27.6 Å². The normalized spacial score (nSPS) is 20.0. The van der Waals surface area contributed by atoms with E-state index in [4.69, 9.17) is 11.6 Å². The van der Waals surface area contributed by atoms with Crippen LogP contribution in [0.15, 0.2) is 18.2 Å². The van der Waals surface area contributed by atoms with Crippen molar-refractivity contribution in [3.05, 3.63) is 28.8 Å². The number of esters is 1. The summed E-state index contributed by atoms with van der Waals surface area (Å²) >= 11 is 5.86. The number of quaternary nitrogens is 1. The molecule has 1 aromatic carbocycles. The standard InChI is InChI=1S/C16H17ClF3N3O4/c1-27-14(25)7-12-15(26)21-4-5-23(12)8-13(24)22-11-6-9(16(18,19)20)2-3-10(11)17/h2-3,6,12H,4-5,7-8H2,1H3,(H,21,26)(H,22,24)/p+1/t12-/m0/s1. The molecule has 1 saturated heterocycles. The Labute approximate surface area is 157 Å². The van der Waals surface area contributed by atoms with Crippen LogP contribution < -0.4 is 15.5 Å². The van der Waals surface area contributed by atoms with Crippen molar-refractivity contribution in [1.29, 1.82) is 0 Å². The van der Waals surface area contributed by atoms with Crippen molar-refractivity contribution >= 4 is 35.1 Å². The minimum Gasteiger partial charge on any atom is -0.469 e. The lowest BCUT2D eigenvalue weighted by atomic mass is 10.1. The second kappa shape index (κ2) is 8.57. The summed E-state index contributed by atoms with van der Waals surface area (Å²) < 4.78 is 43.0. The van der Waals surface area contributed by atoms with Crippen LogP contribution in [0.1, 0.15) is 12.0 Å². The first-order valence-corrected chi connectivity index (χ1v) is 8.35. The quantitative estimate of drug-likeness (QED) is 0.609. The molecule has 11 heteroatoms. The minimum absolute atomic E-state index is 0.0474. The van der Waals surface area contributed by atoms with E-state index in [0.29, 0.717) is 18.0 Å². The molecule has 3 N–H and O–H groups in total. The molecule has 0 radical (unpaired) electrons. The maximum absolute atomic E-state index is 12.8. The molecular weight excluding hydrogens is 391 g/mol. The summed E-state index contributed by atoms with van der Waals surface area (Å²) in [6, 6.07) is 1.77. The number of hydrogen-bond donors (Lipinski definition) is 3. The van der Waals surface area contributed by atoms with Crippen LogP contribution in [0.3, 0.4) is 0 Å². The topological polar surface area (TPSA) is 88.9 Å². The molecule has 1 fully saturated rings. The predicted molar refractivity (Wildman–Crippen MR) is 89.2 cm³/mol. The molecule has 0 aromatic heterocycles. The van der Waals surface area contributed by atoms with Gasteiger partial charge in [-0.3, -0.25) is 14.4 Å². The zero-order valence-corrected chi connectivity index (χ0v) is 15.0. The lowest BCUT2D eigenvalue weighted by Gasteiger charge is -2.30. The van der Waals surface area contributed by atoms with Crippen molar-refractivity contribution in [3.63, 3.8) is 0 Å². The zero-order valence-electron chi connectivity index (χ0n) is 14.3. The summed E-state index contributed by atoms with van der Waals surface area (Å²) in [6.45, 7) is 0.461. The first-order chi connectivity index (χ1) is 12.6. The molecule has 1 unspecified atom stereocenters. The number of hydrogen-bond acceptors (Lipinski definition) is 4. The van der Waals surface area contributed by atoms with Gasteiger partial charge in [0.05, 0.1) is 36.5 Å². The van der Waals surface area contributed by atoms with Crippen molar-refractivity contribution in [1.82, 2.24) is 5.32 Å². The van der Waals surface area contributed by atoms with E-state index in [0.717, 1.165) is 18.2 Å². The van der Waals surface area contributed by atoms with Crippen LogP contribution in [0.25, 0.3) is 0 Å². The Morgan fingerprint density at radius 2 is 2.11 bits per heavy atom. The van der Waals surface area contributed by atoms with Gasteiger partial charge < -0.3 is 20.3 Å². The maximum Gasteiger partial charge on any atom is 0.416 e. The molecule has 0 saturated carbocycles. The van der Waals surface area contributed by atoms with E-state index in [1.807, 2.05) is 0 Å². The summed E-state index contributed by atoms with van der Waals surface area (Å²) in [4.78, 5) is 36.3. The Morgan fingerprint density at radius 1 is 1.41 bits per heavy atom. The number of halogens is 4. The number of carbonyl (C=O) groups excluding carboxylic acids is 3. The van der Waals surface area contributed by atoms with Gasteiger partial charge in [0.25, 0.3) is 11.8 Å². The number of anilines is 1. The zero-order chi connectivity index (χ0) is 20.2. The Bertz CT molecular complexity index is 742. The molecule has 7 nitrogen and oxygen atoms in total. The summed E-state index contributed by atoms with van der Waals surface area (Å²) in [6.07, 6.45) is -4.79. The molecule has 2 atom stereocenters. The van der Waals surface area contributed by atoms with Crippen LogP contribution in [-0.4, -0.2) is 50.6 Å². The predicted octanol–water partition coefficient (Wildman–Crippen LogP) is 0.244. The molecule has 0 aliphatic carbocycles. The fraction of sp³-hybridized carbons (Fsp3) is 0.438. The summed E-state index contributed by atoms with van der Waals surface area (Å²) in [5, 5.41) is 4.89. The Kier molecular flexibility index (Phi) is 6.66. The first kappa shape index (κ1) is 21.0. The second-order valence-electron chi connectivity index (χ2n) is 5.95. The van der Waals surface area contributed by atoms with Gasteiger partial charge in [-0.15, -0.1) is 0 Å². The molecule has 1 aliphatic rings. The molecule has 2 amide bonds. The van der Waals surface area contributed by atoms with Crippen LogP contribution in [0.5, 0.6) is 0 Å². The SMILES string of the molecule is COC(=O)C[C@H]1C(=O)NCC[NH+]1CC(=O)Nc1cc(C(F)(F)F)ccc1Cl. The average Bonchev–Trinajstić information content (AvgIpc) is 2.58. The molecule has 27 heavy (non-hydrogen) atoms. The van der Waals surface area contributed by atoms with Gasteiger partial charge in [0, 0.05) is 0 Å². The molecule has 1 heterocycles. The number of piperazine rings is 1. The van der Waals surface area contributed by atoms with Crippen LogP contribution >= 0.6 is 11.6 Å². The lowest BCUT2D eigenvalue weighted by Crippen LogP contribution is -3.20. The van der Waals surface area contributed by atoms with Crippen molar-refractivity contribution < 1.29 is 37.2 Å². The third-order valence-corrected chi connectivity index (χ3v) is 4.44. The van der Waals surface area contributed by atoms with E-state index >= 15 is 0 Å². The smallest absolute Gasteiger partial charge is 0.416 e. The maximum atomic E-state index is 12.8. The van der Waals surface area contributed by atoms with Crippen LogP contribution in [0.2, 0.25) is 5.02 Å². The molecule has 0 spiro atoms. The molecule has 148 valence electrons. The van der Waals surface area contributed by atoms with E-state index in [1.54, 1.807) is 0 Å². The lowest BCUT2D eigenvalue weighted by molar-refractivity contribution is -0.909. The average molecular weight is 409 g/mol. The molecule has 0 bridgehead atoms. The van der Waals surface area contributed by atoms with Gasteiger partial charge in [-0.2, -0.15) is 13.2 Å². The molecule has 2 rings (SSSR count). The van der Waals surface area contributed by atoms with Gasteiger partial charge >= 0.3 is 12.1 Å². The second-order valence-corrected chi connectivity index (χ2v) is 6.36. The van der Waals surface area contributed by atoms with E-state index in [1.165, 1.54) is 7.11 Å². The number of amides is 2. The highest BCUT2D eigenvalue weighted by Gasteiger charge is 2.37. The number of methoxy groups -OCH3 is 1. The highest BCUT2D eigenvalue weighted by Crippen LogP contribution is 2.33. The van der Waals surface area contributed by atoms with Crippen LogP contribution in [-0.2, 0) is 25.3 Å². The van der Waals surface area contributed by atoms with Gasteiger partial charge in [0.2, 0.25) is 0 Å². The highest BCUT2D eigenvalue weighted by molar-refractivity contribution is 6.33. The largest absolute Gasteiger partial charge is 0.469 e. The van der Waals surface area contributed by atoms with Crippen LogP contribution in [0.4, 0.5) is 18.9 Å². The number of benzene rings is 1. The van der Waals surface area contributed by atoms with Crippen molar-refractivity contribution in [3.8, 4) is 0 Å². The number of nitrogens with one attached hydrogen (secondary N) is 3. The Morgan fingerprint density at radius 3 is 2.74 bits per heavy atom. The third-order valence-electron chi connectivity index (χ3n) is 4.11. The minimum atomic E-state index is -4.58. The number of rotatable bonds is 5. The van der Waals surface area contributed by atoms with Crippen molar-refractivity contribution in [2.24, 2.45) is 0 Å². The van der Waals surface area contributed by atoms with Gasteiger partial charge in [-0.05, 0) is 18.2 Å². The number of alkyl halides is 3. The number of ether oxygens (including phenoxy) is 1. The van der Waals surface area contributed by atoms with Crippen LogP contribution in [0, 0.1) is 0 Å². The fourth-order valence-electron chi connectivity index (χ4n) is 2.73. The summed E-state index contributed by atoms with van der Waals surface area (Å²) in [5.74, 6) is -1.63. The molecular formula is C16H18ClF3N3O4+. The summed E-state index contributed by atoms with van der Waals surface area (Å²) in [7, 11) is 1.19. The van der Waals surface area contributed by atoms with E-state index in [2.05, 4.69) is 15.4 Å². The van der Waals surface area contributed by atoms with Crippen molar-refractivity contribution in [2.75, 3.05) is 32.1 Å². The monoisotopic (exact) mass is 408 g/mol. The van der Waals surface area contributed by atoms with Gasteiger partial charge in [-0.1, -0.05) is 11.6 Å². The summed E-state index contributed by atoms with van der Waals surface area (Å²) in [5.41, 5.74) is -1.13. The Balaban J connectivity index is 2.09. The number of carbonyl (C=O) groups is 3. The Hall–Kier alpha value is -2.33. The molecule has 1 aliphatic heterocycles. The van der Waals surface area contributed by atoms with E-state index < -0.39 is 35.6 Å². The van der Waals surface area contributed by atoms with Gasteiger partial charge in [-0.25, -0.2) is 0 Å². The fourth-order valence-corrected chi connectivity index (χ4v) is 2.89. The van der Waals surface area contributed by atoms with E-state index in [-0.39, 0.29) is 23.7 Å².